The molecule has 0 heterocycles. The van der Waals surface area contributed by atoms with E-state index in [4.69, 9.17) is 5.11 Å². The average molecular weight is 259 g/mol. The van der Waals surface area contributed by atoms with Gasteiger partial charge in [-0.15, -0.1) is 11.8 Å². The Bertz CT molecular complexity index is 275. The molecule has 1 atom stereocenters. The lowest BCUT2D eigenvalue weighted by molar-refractivity contribution is -0.137. The Morgan fingerprint density at radius 1 is 1.35 bits per heavy atom. The van der Waals surface area contributed by atoms with Crippen LogP contribution in [-0.4, -0.2) is 34.0 Å². The van der Waals surface area contributed by atoms with Gasteiger partial charge in [0.15, 0.2) is 0 Å². The van der Waals surface area contributed by atoms with Crippen LogP contribution in [0.15, 0.2) is 0 Å². The van der Waals surface area contributed by atoms with Crippen LogP contribution in [0.2, 0.25) is 0 Å². The van der Waals surface area contributed by atoms with Crippen LogP contribution < -0.4 is 5.32 Å². The minimum absolute atomic E-state index is 0.0335. The van der Waals surface area contributed by atoms with Crippen molar-refractivity contribution in [2.75, 3.05) is 5.75 Å². The molecule has 2 N–H and O–H groups in total. The van der Waals surface area contributed by atoms with Crippen molar-refractivity contribution in [3.63, 3.8) is 0 Å². The predicted octanol–water partition coefficient (Wildman–Crippen LogP) is 1.89. The molecule has 1 rings (SSSR count). The summed E-state index contributed by atoms with van der Waals surface area (Å²) in [4.78, 5) is 22.6. The number of hydrogen-bond acceptors (Lipinski definition) is 3. The van der Waals surface area contributed by atoms with Gasteiger partial charge in [0.05, 0.1) is 5.75 Å². The molecule has 17 heavy (non-hydrogen) atoms. The van der Waals surface area contributed by atoms with Gasteiger partial charge in [0, 0.05) is 6.04 Å². The second-order valence-electron chi connectivity index (χ2n) is 4.86. The van der Waals surface area contributed by atoms with E-state index < -0.39 is 11.2 Å². The smallest absolute Gasteiger partial charge is 0.316 e. The third-order valence-electron chi connectivity index (χ3n) is 2.96. The molecule has 0 aliphatic heterocycles. The van der Waals surface area contributed by atoms with E-state index >= 15 is 0 Å². The summed E-state index contributed by atoms with van der Waals surface area (Å²) in [6, 6.07) is 0.311. The predicted molar refractivity (Wildman–Crippen MR) is 69.1 cm³/mol. The maximum atomic E-state index is 11.6. The van der Waals surface area contributed by atoms with Crippen molar-refractivity contribution in [1.29, 1.82) is 0 Å². The Kier molecular flexibility index (Phi) is 5.82. The third kappa shape index (κ3) is 4.98. The van der Waals surface area contributed by atoms with Crippen LogP contribution in [0.5, 0.6) is 0 Å². The van der Waals surface area contributed by atoms with Gasteiger partial charge in [-0.3, -0.25) is 9.59 Å². The maximum absolute atomic E-state index is 11.6. The van der Waals surface area contributed by atoms with Crippen LogP contribution in [0, 0.1) is 5.92 Å². The number of carboxylic acids is 1. The fraction of sp³-hybridized carbons (Fsp3) is 0.833. The van der Waals surface area contributed by atoms with Gasteiger partial charge >= 0.3 is 5.97 Å². The number of amides is 1. The number of carboxylic acid groups (broad SMARTS) is 1. The van der Waals surface area contributed by atoms with Crippen molar-refractivity contribution < 1.29 is 14.7 Å². The van der Waals surface area contributed by atoms with Gasteiger partial charge in [0.1, 0.15) is 5.25 Å². The summed E-state index contributed by atoms with van der Waals surface area (Å²) in [6.45, 7) is 3.72. The zero-order chi connectivity index (χ0) is 12.8. The quantitative estimate of drug-likeness (QED) is 0.764. The Hall–Kier alpha value is -0.710. The molecule has 98 valence electrons. The van der Waals surface area contributed by atoms with Gasteiger partial charge in [-0.05, 0) is 18.8 Å². The van der Waals surface area contributed by atoms with E-state index in [1.807, 2.05) is 13.8 Å². The van der Waals surface area contributed by atoms with Crippen LogP contribution >= 0.6 is 11.8 Å². The first kappa shape index (κ1) is 14.4. The molecule has 1 saturated carbocycles. The van der Waals surface area contributed by atoms with Crippen molar-refractivity contribution in [2.24, 2.45) is 5.92 Å². The van der Waals surface area contributed by atoms with Gasteiger partial charge in [-0.1, -0.05) is 26.7 Å². The lowest BCUT2D eigenvalue weighted by Crippen LogP contribution is -2.35. The molecule has 1 aliphatic rings. The van der Waals surface area contributed by atoms with E-state index in [2.05, 4.69) is 5.32 Å². The first-order valence-electron chi connectivity index (χ1n) is 6.14. The highest BCUT2D eigenvalue weighted by Crippen LogP contribution is 2.21. The molecule has 1 fully saturated rings. The highest BCUT2D eigenvalue weighted by Gasteiger charge is 2.24. The largest absolute Gasteiger partial charge is 0.480 e. The minimum atomic E-state index is -0.835. The Balaban J connectivity index is 2.28. The zero-order valence-corrected chi connectivity index (χ0v) is 11.3. The molecule has 0 saturated heterocycles. The monoisotopic (exact) mass is 259 g/mol. The van der Waals surface area contributed by atoms with Crippen LogP contribution in [0.3, 0.4) is 0 Å². The molecule has 1 aliphatic carbocycles. The number of nitrogens with one attached hydrogen (secondary N) is 1. The third-order valence-corrected chi connectivity index (χ3v) is 4.50. The summed E-state index contributed by atoms with van der Waals surface area (Å²) in [5.74, 6) is -0.588. The van der Waals surface area contributed by atoms with Gasteiger partial charge in [-0.25, -0.2) is 0 Å². The van der Waals surface area contributed by atoms with E-state index in [9.17, 15) is 9.59 Å². The lowest BCUT2D eigenvalue weighted by Gasteiger charge is -2.16. The number of carbonyl (C=O) groups excluding carboxylic acids is 1. The number of hydrogen-bond donors (Lipinski definition) is 2. The average Bonchev–Trinajstić information content (AvgIpc) is 2.69. The maximum Gasteiger partial charge on any atom is 0.316 e. The summed E-state index contributed by atoms with van der Waals surface area (Å²) in [5.41, 5.74) is 0. The molecule has 0 spiro atoms. The second-order valence-corrected chi connectivity index (χ2v) is 5.99. The summed E-state index contributed by atoms with van der Waals surface area (Å²) in [7, 11) is 0. The van der Waals surface area contributed by atoms with Crippen molar-refractivity contribution >= 4 is 23.6 Å². The van der Waals surface area contributed by atoms with E-state index in [-0.39, 0.29) is 17.6 Å². The molecule has 0 radical (unpaired) electrons. The van der Waals surface area contributed by atoms with Gasteiger partial charge < -0.3 is 10.4 Å². The summed E-state index contributed by atoms with van der Waals surface area (Å²) >= 11 is 1.22. The number of thioether (sulfide) groups is 1. The normalized spacial score (nSPS) is 18.3. The second kappa shape index (κ2) is 6.89. The molecule has 0 bridgehead atoms. The highest BCUT2D eigenvalue weighted by molar-refractivity contribution is 8.01. The molecule has 0 aromatic rings. The van der Waals surface area contributed by atoms with Crippen molar-refractivity contribution in [1.82, 2.24) is 5.32 Å². The van der Waals surface area contributed by atoms with Crippen LogP contribution in [0.4, 0.5) is 0 Å². The molecule has 1 unspecified atom stereocenters. The molecule has 0 aromatic carbocycles. The van der Waals surface area contributed by atoms with Crippen LogP contribution in [-0.2, 0) is 9.59 Å². The van der Waals surface area contributed by atoms with E-state index in [1.54, 1.807) is 0 Å². The lowest BCUT2D eigenvalue weighted by atomic mass is 10.1. The first-order valence-corrected chi connectivity index (χ1v) is 7.19. The van der Waals surface area contributed by atoms with Crippen molar-refractivity contribution in [3.8, 4) is 0 Å². The molecular formula is C12H21NO3S. The van der Waals surface area contributed by atoms with Crippen LogP contribution in [0.1, 0.15) is 39.5 Å². The fourth-order valence-electron chi connectivity index (χ4n) is 2.05. The topological polar surface area (TPSA) is 66.4 Å². The summed E-state index contributed by atoms with van der Waals surface area (Å²) < 4.78 is 0. The Morgan fingerprint density at radius 3 is 2.41 bits per heavy atom. The molecule has 1 amide bonds. The first-order chi connectivity index (χ1) is 8.00. The molecule has 5 heteroatoms. The van der Waals surface area contributed by atoms with E-state index in [0.29, 0.717) is 6.04 Å². The molecule has 4 nitrogen and oxygen atoms in total. The highest BCUT2D eigenvalue weighted by atomic mass is 32.2. The number of carbonyl (C=O) groups is 2. The minimum Gasteiger partial charge on any atom is -0.480 e. The van der Waals surface area contributed by atoms with Gasteiger partial charge in [0.2, 0.25) is 5.91 Å². The standard InChI is InChI=1S/C12H21NO3S/c1-8(2)11(12(15)16)17-7-10(14)13-9-5-3-4-6-9/h8-9,11H,3-7H2,1-2H3,(H,13,14)(H,15,16). The SMILES string of the molecule is CC(C)C(SCC(=O)NC1CCCC1)C(=O)O. The number of aliphatic carboxylic acids is 1. The Morgan fingerprint density at radius 2 is 1.94 bits per heavy atom. The van der Waals surface area contributed by atoms with E-state index in [1.165, 1.54) is 24.6 Å². The zero-order valence-electron chi connectivity index (χ0n) is 10.4. The molecular weight excluding hydrogens is 238 g/mol. The fourth-order valence-corrected chi connectivity index (χ4v) is 3.00. The summed E-state index contributed by atoms with van der Waals surface area (Å²) in [5, 5.41) is 11.5. The Labute approximate surface area is 107 Å². The van der Waals surface area contributed by atoms with Gasteiger partial charge in [0.25, 0.3) is 0 Å². The molecule has 0 aromatic heterocycles. The van der Waals surface area contributed by atoms with Crippen LogP contribution in [0.25, 0.3) is 0 Å². The van der Waals surface area contributed by atoms with Gasteiger partial charge in [-0.2, -0.15) is 0 Å². The van der Waals surface area contributed by atoms with Crippen molar-refractivity contribution in [2.45, 2.75) is 50.8 Å². The van der Waals surface area contributed by atoms with Crippen molar-refractivity contribution in [3.05, 3.63) is 0 Å². The van der Waals surface area contributed by atoms with E-state index in [0.717, 1.165) is 12.8 Å². The summed E-state index contributed by atoms with van der Waals surface area (Å²) in [6.07, 6.45) is 4.48. The number of rotatable bonds is 6.